The Bertz CT molecular complexity index is 446. The fourth-order valence-corrected chi connectivity index (χ4v) is 1.76. The summed E-state index contributed by atoms with van der Waals surface area (Å²) in [6, 6.07) is 15.5. The predicted molar refractivity (Wildman–Crippen MR) is 65.9 cm³/mol. The van der Waals surface area contributed by atoms with Crippen LogP contribution in [0.2, 0.25) is 0 Å². The zero-order valence-electron chi connectivity index (χ0n) is 9.70. The summed E-state index contributed by atoms with van der Waals surface area (Å²) in [6.45, 7) is 5.29. The molecular formula is C14H17ClN-. The monoisotopic (exact) mass is 234 g/mol. The lowest BCUT2D eigenvalue weighted by atomic mass is 10.0. The van der Waals surface area contributed by atoms with Crippen molar-refractivity contribution in [3.8, 4) is 0 Å². The first-order valence-electron chi connectivity index (χ1n) is 5.47. The number of fused-ring (bicyclic) bond motifs is 1. The molecule has 1 N–H and O–H groups in total. The SMILES string of the molecule is CC(C)NCc1cccc2ccccc12.[Cl-]. The lowest BCUT2D eigenvalue weighted by molar-refractivity contribution is -0.00000325. The third-order valence-electron chi connectivity index (χ3n) is 2.58. The van der Waals surface area contributed by atoms with Crippen molar-refractivity contribution in [2.24, 2.45) is 0 Å². The number of hydrogen-bond acceptors (Lipinski definition) is 1. The summed E-state index contributed by atoms with van der Waals surface area (Å²) in [7, 11) is 0. The van der Waals surface area contributed by atoms with Gasteiger partial charge in [0.1, 0.15) is 0 Å². The largest absolute Gasteiger partial charge is 1.00 e. The van der Waals surface area contributed by atoms with Crippen LogP contribution < -0.4 is 17.7 Å². The fourth-order valence-electron chi connectivity index (χ4n) is 1.76. The van der Waals surface area contributed by atoms with Gasteiger partial charge in [-0.15, -0.1) is 0 Å². The highest BCUT2D eigenvalue weighted by atomic mass is 35.5. The highest BCUT2D eigenvalue weighted by molar-refractivity contribution is 5.85. The van der Waals surface area contributed by atoms with E-state index in [1.807, 2.05) is 0 Å². The van der Waals surface area contributed by atoms with Crippen molar-refractivity contribution >= 4 is 10.8 Å². The van der Waals surface area contributed by atoms with E-state index < -0.39 is 0 Å². The molecule has 0 heterocycles. The summed E-state index contributed by atoms with van der Waals surface area (Å²) in [4.78, 5) is 0. The predicted octanol–water partition coefficient (Wildman–Crippen LogP) is 0.342. The summed E-state index contributed by atoms with van der Waals surface area (Å²) >= 11 is 0. The van der Waals surface area contributed by atoms with E-state index in [4.69, 9.17) is 0 Å². The van der Waals surface area contributed by atoms with Crippen molar-refractivity contribution in [2.45, 2.75) is 26.4 Å². The van der Waals surface area contributed by atoms with Gasteiger partial charge in [-0.2, -0.15) is 0 Å². The summed E-state index contributed by atoms with van der Waals surface area (Å²) in [5.74, 6) is 0. The molecule has 16 heavy (non-hydrogen) atoms. The van der Waals surface area contributed by atoms with E-state index in [1.54, 1.807) is 0 Å². The fraction of sp³-hybridized carbons (Fsp3) is 0.286. The molecular weight excluding hydrogens is 218 g/mol. The number of benzene rings is 2. The molecule has 2 heteroatoms. The average Bonchev–Trinajstić information content (AvgIpc) is 2.26. The van der Waals surface area contributed by atoms with E-state index in [0.29, 0.717) is 6.04 Å². The van der Waals surface area contributed by atoms with Gasteiger partial charge in [-0.25, -0.2) is 0 Å². The molecule has 0 unspecified atom stereocenters. The van der Waals surface area contributed by atoms with Crippen molar-refractivity contribution in [2.75, 3.05) is 0 Å². The third kappa shape index (κ3) is 2.97. The van der Waals surface area contributed by atoms with Gasteiger partial charge in [0.15, 0.2) is 0 Å². The van der Waals surface area contributed by atoms with Crippen molar-refractivity contribution in [1.29, 1.82) is 0 Å². The number of halogens is 1. The van der Waals surface area contributed by atoms with Crippen LogP contribution in [0.25, 0.3) is 10.8 Å². The molecule has 0 aliphatic carbocycles. The second-order valence-electron chi connectivity index (χ2n) is 4.17. The lowest BCUT2D eigenvalue weighted by Gasteiger charge is -2.10. The number of rotatable bonds is 3. The topological polar surface area (TPSA) is 12.0 Å². The van der Waals surface area contributed by atoms with Gasteiger partial charge in [0.25, 0.3) is 0 Å². The van der Waals surface area contributed by atoms with E-state index in [1.165, 1.54) is 16.3 Å². The summed E-state index contributed by atoms with van der Waals surface area (Å²) in [5, 5.41) is 6.13. The van der Waals surface area contributed by atoms with E-state index in [0.717, 1.165) is 6.54 Å². The summed E-state index contributed by atoms with van der Waals surface area (Å²) < 4.78 is 0. The Morgan fingerprint density at radius 1 is 1.00 bits per heavy atom. The summed E-state index contributed by atoms with van der Waals surface area (Å²) in [6.07, 6.45) is 0. The maximum atomic E-state index is 3.45. The molecule has 0 fully saturated rings. The molecule has 86 valence electrons. The zero-order chi connectivity index (χ0) is 10.7. The molecule has 0 aliphatic heterocycles. The normalized spacial score (nSPS) is 10.4. The lowest BCUT2D eigenvalue weighted by Crippen LogP contribution is -3.00. The molecule has 0 atom stereocenters. The van der Waals surface area contributed by atoms with Crippen molar-refractivity contribution in [3.05, 3.63) is 48.0 Å². The minimum atomic E-state index is 0. The molecule has 2 rings (SSSR count). The van der Waals surface area contributed by atoms with Crippen molar-refractivity contribution in [1.82, 2.24) is 5.32 Å². The van der Waals surface area contributed by atoms with Crippen molar-refractivity contribution in [3.63, 3.8) is 0 Å². The van der Waals surface area contributed by atoms with Gasteiger partial charge < -0.3 is 17.7 Å². The van der Waals surface area contributed by atoms with Crippen LogP contribution in [-0.4, -0.2) is 6.04 Å². The Morgan fingerprint density at radius 2 is 1.69 bits per heavy atom. The number of nitrogens with one attached hydrogen (secondary N) is 1. The van der Waals surface area contributed by atoms with Gasteiger partial charge >= 0.3 is 0 Å². The second kappa shape index (κ2) is 5.88. The van der Waals surface area contributed by atoms with Crippen LogP contribution >= 0.6 is 0 Å². The van der Waals surface area contributed by atoms with Gasteiger partial charge in [-0.05, 0) is 16.3 Å². The van der Waals surface area contributed by atoms with Gasteiger partial charge in [0, 0.05) is 12.6 Å². The first-order valence-corrected chi connectivity index (χ1v) is 5.47. The highest BCUT2D eigenvalue weighted by Gasteiger charge is 2.00. The molecule has 1 nitrogen and oxygen atoms in total. The molecule has 2 aromatic carbocycles. The maximum absolute atomic E-state index is 3.45. The molecule has 0 aliphatic rings. The van der Waals surface area contributed by atoms with E-state index >= 15 is 0 Å². The van der Waals surface area contributed by atoms with Crippen molar-refractivity contribution < 1.29 is 12.4 Å². The average molecular weight is 235 g/mol. The Morgan fingerprint density at radius 3 is 2.44 bits per heavy atom. The second-order valence-corrected chi connectivity index (χ2v) is 4.17. The van der Waals surface area contributed by atoms with Crippen LogP contribution in [0, 0.1) is 0 Å². The van der Waals surface area contributed by atoms with E-state index in [2.05, 4.69) is 61.6 Å². The van der Waals surface area contributed by atoms with Crippen LogP contribution in [-0.2, 0) is 6.54 Å². The molecule has 0 saturated heterocycles. The van der Waals surface area contributed by atoms with Crippen LogP contribution in [0.3, 0.4) is 0 Å². The molecule has 0 aromatic heterocycles. The van der Waals surface area contributed by atoms with E-state index in [-0.39, 0.29) is 12.4 Å². The van der Waals surface area contributed by atoms with Gasteiger partial charge in [0.2, 0.25) is 0 Å². The zero-order valence-corrected chi connectivity index (χ0v) is 10.5. The molecule has 0 spiro atoms. The minimum absolute atomic E-state index is 0. The van der Waals surface area contributed by atoms with Crippen LogP contribution in [0.1, 0.15) is 19.4 Å². The van der Waals surface area contributed by atoms with Gasteiger partial charge in [-0.1, -0.05) is 56.3 Å². The Labute approximate surface area is 103 Å². The quantitative estimate of drug-likeness (QED) is 0.808. The maximum Gasteiger partial charge on any atom is 0.0214 e. The summed E-state index contributed by atoms with van der Waals surface area (Å²) in [5.41, 5.74) is 1.38. The molecule has 0 radical (unpaired) electrons. The van der Waals surface area contributed by atoms with Crippen LogP contribution in [0.15, 0.2) is 42.5 Å². The molecule has 2 aromatic rings. The van der Waals surface area contributed by atoms with Gasteiger partial charge in [-0.3, -0.25) is 0 Å². The Hall–Kier alpha value is -1.05. The third-order valence-corrected chi connectivity index (χ3v) is 2.58. The highest BCUT2D eigenvalue weighted by Crippen LogP contribution is 2.18. The standard InChI is InChI=1S/C14H17N.ClH/c1-11(2)15-10-13-8-5-7-12-6-3-4-9-14(12)13;/h3-9,11,15H,10H2,1-2H3;1H/p-1. The van der Waals surface area contributed by atoms with E-state index in [9.17, 15) is 0 Å². The first kappa shape index (κ1) is 13.0. The molecule has 0 saturated carbocycles. The van der Waals surface area contributed by atoms with Crippen LogP contribution in [0.5, 0.6) is 0 Å². The van der Waals surface area contributed by atoms with Gasteiger partial charge in [0.05, 0.1) is 0 Å². The smallest absolute Gasteiger partial charge is 0.0214 e. The van der Waals surface area contributed by atoms with Crippen LogP contribution in [0.4, 0.5) is 0 Å². The molecule has 0 amide bonds. The Kier molecular flexibility index (Phi) is 4.78. The number of hydrogen-bond donors (Lipinski definition) is 1. The molecule has 0 bridgehead atoms. The minimum Gasteiger partial charge on any atom is -1.00 e. The first-order chi connectivity index (χ1) is 7.27. The Balaban J connectivity index is 0.00000128.